The molecular weight excluding hydrogens is 352 g/mol. The molecule has 0 radical (unpaired) electrons. The Labute approximate surface area is 154 Å². The monoisotopic (exact) mass is 369 g/mol. The summed E-state index contributed by atoms with van der Waals surface area (Å²) in [4.78, 5) is 26.0. The van der Waals surface area contributed by atoms with Gasteiger partial charge < -0.3 is 10.5 Å². The molecule has 0 fully saturated rings. The van der Waals surface area contributed by atoms with Gasteiger partial charge in [-0.05, 0) is 16.9 Å². The normalized spacial score (nSPS) is 13.0. The lowest BCUT2D eigenvalue weighted by molar-refractivity contribution is -0.125. The van der Waals surface area contributed by atoms with Gasteiger partial charge in [-0.25, -0.2) is 4.79 Å². The molecular formula is C18H17N4O3S+. The summed E-state index contributed by atoms with van der Waals surface area (Å²) < 4.78 is 4.64. The predicted molar refractivity (Wildman–Crippen MR) is 98.5 cm³/mol. The van der Waals surface area contributed by atoms with E-state index in [2.05, 4.69) is 10.2 Å². The molecule has 26 heavy (non-hydrogen) atoms. The fourth-order valence-electron chi connectivity index (χ4n) is 2.56. The third-order valence-electron chi connectivity index (χ3n) is 3.81. The third kappa shape index (κ3) is 3.25. The Morgan fingerprint density at radius 1 is 1.04 bits per heavy atom. The number of para-hydroxylation sites is 1. The van der Waals surface area contributed by atoms with Gasteiger partial charge in [0.05, 0.1) is 0 Å². The van der Waals surface area contributed by atoms with Crippen molar-refractivity contribution in [2.45, 2.75) is 6.61 Å². The summed E-state index contributed by atoms with van der Waals surface area (Å²) in [5, 5.41) is 7.94. The smallest absolute Gasteiger partial charge is 0.414 e. The van der Waals surface area contributed by atoms with Crippen molar-refractivity contribution in [3.05, 3.63) is 71.7 Å². The lowest BCUT2D eigenvalue weighted by Gasteiger charge is -2.27. The van der Waals surface area contributed by atoms with Crippen LogP contribution in [0.1, 0.15) is 5.56 Å². The molecule has 0 bridgehead atoms. The number of aromatic nitrogens is 2. The van der Waals surface area contributed by atoms with Crippen LogP contribution in [0.5, 0.6) is 0 Å². The number of ether oxygens (including phenoxy) is 1. The molecule has 2 aromatic carbocycles. The number of rotatable bonds is 5. The number of hydrogen-bond donors (Lipinski definition) is 1. The van der Waals surface area contributed by atoms with E-state index in [0.29, 0.717) is 5.69 Å². The Hall–Kier alpha value is -2.94. The number of carbonyl (C=O) groups excluding carboxylic acids is 2. The van der Waals surface area contributed by atoms with Crippen molar-refractivity contribution in [2.75, 3.05) is 6.54 Å². The van der Waals surface area contributed by atoms with E-state index in [4.69, 9.17) is 10.5 Å². The summed E-state index contributed by atoms with van der Waals surface area (Å²) in [7, 11) is 0. The lowest BCUT2D eigenvalue weighted by atomic mass is 10.2. The van der Waals surface area contributed by atoms with Crippen LogP contribution in [0.25, 0.3) is 0 Å². The van der Waals surface area contributed by atoms with Crippen molar-refractivity contribution in [2.24, 2.45) is 5.73 Å². The summed E-state index contributed by atoms with van der Waals surface area (Å²) >= 11 is 1.09. The van der Waals surface area contributed by atoms with Crippen LogP contribution in [0.4, 0.5) is 15.6 Å². The molecule has 0 aliphatic carbocycles. The SMILES string of the molecule is NCC(=O)[N+](C(=O)OCc1ccccc1)(c1ccccc1)c1nncs1. The first-order valence-corrected chi connectivity index (χ1v) is 8.73. The van der Waals surface area contributed by atoms with Crippen LogP contribution in [0.15, 0.2) is 66.2 Å². The number of nitrogens with two attached hydrogens (primary N) is 1. The van der Waals surface area contributed by atoms with Crippen LogP contribution in [0, 0.1) is 0 Å². The summed E-state index contributed by atoms with van der Waals surface area (Å²) in [6.45, 7) is -0.321. The number of hydrogen-bond acceptors (Lipinski definition) is 7. The van der Waals surface area contributed by atoms with Gasteiger partial charge in [-0.1, -0.05) is 58.1 Å². The van der Waals surface area contributed by atoms with E-state index in [-0.39, 0.29) is 18.3 Å². The van der Waals surface area contributed by atoms with E-state index in [9.17, 15) is 9.59 Å². The standard InChI is InChI=1S/C18H17N4O3S/c19-11-16(23)22(17-21-20-13-26-17,15-9-5-2-6-10-15)18(24)25-12-14-7-3-1-4-8-14/h1-10,13H,11-12,19H2/q+1. The molecule has 132 valence electrons. The Morgan fingerprint density at radius 2 is 1.69 bits per heavy atom. The van der Waals surface area contributed by atoms with Gasteiger partial charge in [-0.3, -0.25) is 0 Å². The van der Waals surface area contributed by atoms with Crippen molar-refractivity contribution in [1.82, 2.24) is 14.7 Å². The van der Waals surface area contributed by atoms with Gasteiger partial charge in [0.15, 0.2) is 5.69 Å². The Balaban J connectivity index is 2.04. The highest BCUT2D eigenvalue weighted by Crippen LogP contribution is 2.37. The fourth-order valence-corrected chi connectivity index (χ4v) is 3.29. The van der Waals surface area contributed by atoms with Crippen molar-refractivity contribution >= 4 is 34.2 Å². The average Bonchev–Trinajstić information content (AvgIpc) is 3.23. The number of nitrogens with zero attached hydrogens (tertiary/aromatic N) is 3. The molecule has 3 aromatic rings. The molecule has 1 aromatic heterocycles. The summed E-state index contributed by atoms with van der Waals surface area (Å²) in [5.74, 6) is -0.550. The van der Waals surface area contributed by atoms with Gasteiger partial charge in [-0.15, -0.1) is 5.10 Å². The molecule has 0 saturated heterocycles. The minimum absolute atomic E-state index is 0.0309. The number of benzene rings is 2. The molecule has 0 spiro atoms. The minimum Gasteiger partial charge on any atom is -0.414 e. The van der Waals surface area contributed by atoms with Crippen molar-refractivity contribution in [1.29, 1.82) is 0 Å². The van der Waals surface area contributed by atoms with Gasteiger partial charge in [0.2, 0.25) is 0 Å². The first-order valence-electron chi connectivity index (χ1n) is 7.85. The molecule has 1 atom stereocenters. The molecule has 0 aliphatic rings. The lowest BCUT2D eigenvalue weighted by Crippen LogP contribution is -2.57. The molecule has 0 aliphatic heterocycles. The van der Waals surface area contributed by atoms with E-state index in [1.807, 2.05) is 30.3 Å². The Bertz CT molecular complexity index is 872. The molecule has 7 nitrogen and oxygen atoms in total. The molecule has 1 heterocycles. The van der Waals surface area contributed by atoms with E-state index in [0.717, 1.165) is 16.9 Å². The molecule has 8 heteroatoms. The summed E-state index contributed by atoms with van der Waals surface area (Å²) in [6, 6.07) is 17.8. The first-order chi connectivity index (χ1) is 12.7. The van der Waals surface area contributed by atoms with Crippen LogP contribution >= 0.6 is 11.3 Å². The zero-order chi connectivity index (χ0) is 18.4. The van der Waals surface area contributed by atoms with Crippen LogP contribution in [0.2, 0.25) is 0 Å². The van der Waals surface area contributed by atoms with Gasteiger partial charge in [-0.2, -0.15) is 4.79 Å². The highest BCUT2D eigenvalue weighted by Gasteiger charge is 2.53. The molecule has 0 saturated carbocycles. The maximum Gasteiger partial charge on any atom is 0.536 e. The minimum atomic E-state index is -0.852. The summed E-state index contributed by atoms with van der Waals surface area (Å²) in [5.41, 5.74) is 8.30. The van der Waals surface area contributed by atoms with Crippen LogP contribution in [-0.2, 0) is 16.1 Å². The largest absolute Gasteiger partial charge is 0.536 e. The van der Waals surface area contributed by atoms with Gasteiger partial charge >= 0.3 is 17.1 Å². The molecule has 2 N–H and O–H groups in total. The first kappa shape index (κ1) is 17.9. The third-order valence-corrected chi connectivity index (χ3v) is 4.57. The van der Waals surface area contributed by atoms with Crippen LogP contribution in [0.3, 0.4) is 0 Å². The maximum atomic E-state index is 13.2. The highest BCUT2D eigenvalue weighted by atomic mass is 32.1. The number of carbonyl (C=O) groups is 2. The zero-order valence-corrected chi connectivity index (χ0v) is 14.6. The van der Waals surface area contributed by atoms with Crippen molar-refractivity contribution in [3.8, 4) is 0 Å². The molecule has 3 rings (SSSR count). The topological polar surface area (TPSA) is 95.2 Å². The molecule has 1 unspecified atom stereocenters. The summed E-state index contributed by atoms with van der Waals surface area (Å²) in [6.07, 6.45) is -0.771. The second kappa shape index (κ2) is 7.96. The molecule has 2 amide bonds. The van der Waals surface area contributed by atoms with Crippen LogP contribution < -0.4 is 10.2 Å². The predicted octanol–water partition coefficient (Wildman–Crippen LogP) is 3.00. The second-order valence-electron chi connectivity index (χ2n) is 5.37. The maximum absolute atomic E-state index is 13.2. The van der Waals surface area contributed by atoms with Gasteiger partial charge in [0.1, 0.15) is 18.7 Å². The number of imide groups is 1. The van der Waals surface area contributed by atoms with E-state index in [1.54, 1.807) is 30.3 Å². The van der Waals surface area contributed by atoms with E-state index in [1.165, 1.54) is 5.51 Å². The van der Waals surface area contributed by atoms with Crippen LogP contribution in [-0.4, -0.2) is 28.7 Å². The number of quaternary nitrogens is 1. The quantitative estimate of drug-likeness (QED) is 0.695. The zero-order valence-electron chi connectivity index (χ0n) is 13.8. The number of amides is 2. The fraction of sp³-hybridized carbons (Fsp3) is 0.111. The highest BCUT2D eigenvalue weighted by molar-refractivity contribution is 7.13. The van der Waals surface area contributed by atoms with Crippen molar-refractivity contribution < 1.29 is 14.3 Å². The van der Waals surface area contributed by atoms with E-state index >= 15 is 0 Å². The van der Waals surface area contributed by atoms with E-state index < -0.39 is 16.5 Å². The van der Waals surface area contributed by atoms with Gasteiger partial charge in [0.25, 0.3) is 0 Å². The average molecular weight is 369 g/mol. The second-order valence-corrected chi connectivity index (χ2v) is 6.18. The van der Waals surface area contributed by atoms with Crippen molar-refractivity contribution in [3.63, 3.8) is 0 Å². The Morgan fingerprint density at radius 3 is 2.27 bits per heavy atom. The Kier molecular flexibility index (Phi) is 5.47. The van der Waals surface area contributed by atoms with Gasteiger partial charge in [0, 0.05) is 12.1 Å².